The molecule has 4 nitrogen and oxygen atoms in total. The maximum absolute atomic E-state index is 3.15. The number of fused-ring (bicyclic) bond motifs is 6. The van der Waals surface area contributed by atoms with Gasteiger partial charge in [0.05, 0.1) is 27.8 Å². The fraction of sp³-hybridized carbons (Fsp3) is 0.0492. The van der Waals surface area contributed by atoms with E-state index in [1.54, 1.807) is 0 Å². The van der Waals surface area contributed by atoms with E-state index in [0.717, 1.165) is 41.2 Å². The van der Waals surface area contributed by atoms with Crippen molar-refractivity contribution in [3.8, 4) is 11.4 Å². The first-order valence-electron chi connectivity index (χ1n) is 22.4. The Kier molecular flexibility index (Phi) is 9.58. The van der Waals surface area contributed by atoms with Crippen LogP contribution in [0.15, 0.2) is 242 Å². The third kappa shape index (κ3) is 6.92. The van der Waals surface area contributed by atoms with E-state index in [0.29, 0.717) is 0 Å². The number of rotatable bonds is 10. The number of aromatic nitrogens is 2. The normalized spacial score (nSPS) is 13.6. The van der Waals surface area contributed by atoms with Crippen molar-refractivity contribution in [2.24, 2.45) is 0 Å². The van der Waals surface area contributed by atoms with Crippen molar-refractivity contribution >= 4 is 66.4 Å². The van der Waals surface area contributed by atoms with Crippen LogP contribution < -0.4 is 9.80 Å². The number of nitrogens with zero attached hydrogens (tertiary/aromatic N) is 4. The molecular weight excluding hydrogens is 789 g/mol. The van der Waals surface area contributed by atoms with Gasteiger partial charge in [-0.3, -0.25) is 0 Å². The summed E-state index contributed by atoms with van der Waals surface area (Å²) in [5.74, 6) is 0.270. The number of hydrogen-bond donors (Lipinski definition) is 0. The predicted octanol–water partition coefficient (Wildman–Crippen LogP) is 15.6. The highest BCUT2D eigenvalue weighted by molar-refractivity contribution is 6.11. The summed E-state index contributed by atoms with van der Waals surface area (Å²) in [6, 6.07) is 84.8. The maximum atomic E-state index is 3.15. The van der Waals surface area contributed by atoms with Gasteiger partial charge in [-0.1, -0.05) is 133 Å². The predicted molar refractivity (Wildman–Crippen MR) is 271 cm³/mol. The largest absolute Gasteiger partial charge is 0.337 e. The molecule has 12 rings (SSSR count). The van der Waals surface area contributed by atoms with Crippen molar-refractivity contribution in [2.75, 3.05) is 9.80 Å². The molecule has 9 aromatic carbocycles. The van der Waals surface area contributed by atoms with Crippen LogP contribution in [-0.4, -0.2) is 9.13 Å². The molecule has 1 atom stereocenters. The van der Waals surface area contributed by atoms with E-state index in [2.05, 4.69) is 256 Å². The van der Waals surface area contributed by atoms with Crippen LogP contribution in [0.1, 0.15) is 23.5 Å². The van der Waals surface area contributed by atoms with Gasteiger partial charge in [-0.2, -0.15) is 0 Å². The molecule has 0 saturated carbocycles. The van der Waals surface area contributed by atoms with E-state index >= 15 is 0 Å². The Bertz CT molecular complexity index is 3530. The molecule has 308 valence electrons. The summed E-state index contributed by atoms with van der Waals surface area (Å²) in [6.07, 6.45) is 8.04. The second kappa shape index (κ2) is 16.3. The third-order valence-corrected chi connectivity index (χ3v) is 13.0. The van der Waals surface area contributed by atoms with Crippen molar-refractivity contribution in [3.63, 3.8) is 0 Å². The molecule has 0 spiro atoms. The summed E-state index contributed by atoms with van der Waals surface area (Å²) < 4.78 is 4.70. The molecule has 4 heteroatoms. The topological polar surface area (TPSA) is 16.3 Å². The molecule has 2 aromatic heterocycles. The fourth-order valence-corrected chi connectivity index (χ4v) is 9.90. The molecule has 1 aliphatic rings. The van der Waals surface area contributed by atoms with Crippen LogP contribution in [0.4, 0.5) is 22.7 Å². The van der Waals surface area contributed by atoms with Crippen LogP contribution in [0.25, 0.3) is 55.0 Å². The van der Waals surface area contributed by atoms with Gasteiger partial charge in [-0.05, 0) is 127 Å². The van der Waals surface area contributed by atoms with Crippen LogP contribution in [0, 0.1) is 12.1 Å². The molecule has 0 radical (unpaired) electrons. The minimum Gasteiger partial charge on any atom is -0.337 e. The Morgan fingerprint density at radius 3 is 1.69 bits per heavy atom. The monoisotopic (exact) mass is 832 g/mol. The Balaban J connectivity index is 0.842. The van der Waals surface area contributed by atoms with Crippen LogP contribution in [0.2, 0.25) is 0 Å². The summed E-state index contributed by atoms with van der Waals surface area (Å²) in [6.45, 7) is 0.756. The van der Waals surface area contributed by atoms with E-state index in [-0.39, 0.29) is 5.92 Å². The molecule has 1 aliphatic carbocycles. The molecule has 65 heavy (non-hydrogen) atoms. The summed E-state index contributed by atoms with van der Waals surface area (Å²) >= 11 is 0. The van der Waals surface area contributed by atoms with Crippen molar-refractivity contribution in [1.82, 2.24) is 9.13 Å². The zero-order valence-electron chi connectivity index (χ0n) is 35.8. The van der Waals surface area contributed by atoms with Gasteiger partial charge >= 0.3 is 0 Å². The lowest BCUT2D eigenvalue weighted by molar-refractivity contribution is 0.821. The summed E-state index contributed by atoms with van der Waals surface area (Å²) in [5.41, 5.74) is 15.3. The first-order chi connectivity index (χ1) is 32.2. The first kappa shape index (κ1) is 38.2. The Hall–Kier alpha value is -8.52. The molecule has 0 saturated heterocycles. The highest BCUT2D eigenvalue weighted by atomic mass is 15.1. The second-order valence-electron chi connectivity index (χ2n) is 16.8. The fourth-order valence-electron chi connectivity index (χ4n) is 9.90. The quantitative estimate of drug-likeness (QED) is 0.136. The van der Waals surface area contributed by atoms with Gasteiger partial charge in [0.2, 0.25) is 0 Å². The van der Waals surface area contributed by atoms with Gasteiger partial charge in [-0.25, -0.2) is 0 Å². The Labute approximate surface area is 379 Å². The molecule has 0 amide bonds. The molecule has 1 unspecified atom stereocenters. The minimum absolute atomic E-state index is 0.270. The summed E-state index contributed by atoms with van der Waals surface area (Å²) in [5, 5.41) is 4.96. The lowest BCUT2D eigenvalue weighted by Gasteiger charge is -2.29. The van der Waals surface area contributed by atoms with Gasteiger partial charge in [0.1, 0.15) is 0 Å². The van der Waals surface area contributed by atoms with Crippen LogP contribution in [-0.2, 0) is 6.54 Å². The van der Waals surface area contributed by atoms with E-state index in [4.69, 9.17) is 0 Å². The smallest absolute Gasteiger partial charge is 0.0552 e. The van der Waals surface area contributed by atoms with Gasteiger partial charge < -0.3 is 18.9 Å². The van der Waals surface area contributed by atoms with Crippen molar-refractivity contribution in [3.05, 3.63) is 266 Å². The molecule has 0 fully saturated rings. The molecule has 0 N–H and O–H groups in total. The highest BCUT2D eigenvalue weighted by Crippen LogP contribution is 2.41. The average molecular weight is 833 g/mol. The molecule has 11 aromatic rings. The number of benzene rings is 8. The van der Waals surface area contributed by atoms with Gasteiger partial charge in [0.15, 0.2) is 0 Å². The van der Waals surface area contributed by atoms with Crippen molar-refractivity contribution in [1.29, 1.82) is 0 Å². The molecular formula is C61H44N4. The second-order valence-corrected chi connectivity index (χ2v) is 16.8. The first-order valence-corrected chi connectivity index (χ1v) is 22.4. The number of para-hydroxylation sites is 5. The summed E-state index contributed by atoms with van der Waals surface area (Å²) in [4.78, 5) is 4.82. The lowest BCUT2D eigenvalue weighted by Crippen LogP contribution is -2.22. The number of anilines is 4. The van der Waals surface area contributed by atoms with Crippen molar-refractivity contribution in [2.45, 2.75) is 18.9 Å². The number of allylic oxidation sites excluding steroid dienone is 3. The van der Waals surface area contributed by atoms with E-state index in [9.17, 15) is 0 Å². The zero-order chi connectivity index (χ0) is 43.1. The third-order valence-electron chi connectivity index (χ3n) is 13.0. The molecule has 0 bridgehead atoms. The SMILES string of the molecule is c1ccc(-n2c3ccccc3c3cc(N(c4ccccc4)c4ccc(C5C=CC(N(Cc6ccc7c(c6)c6ccccc6n7-c6ccccc6)c6ccccc6)=CC5)cc4)ccc32)cc#1. The van der Waals surface area contributed by atoms with Crippen molar-refractivity contribution < 1.29 is 0 Å². The minimum atomic E-state index is 0.270. The van der Waals surface area contributed by atoms with Crippen LogP contribution in [0.5, 0.6) is 0 Å². The Morgan fingerprint density at radius 1 is 0.462 bits per heavy atom. The lowest BCUT2D eigenvalue weighted by atomic mass is 9.91. The van der Waals surface area contributed by atoms with Crippen LogP contribution >= 0.6 is 0 Å². The highest BCUT2D eigenvalue weighted by Gasteiger charge is 2.21. The summed E-state index contributed by atoms with van der Waals surface area (Å²) in [7, 11) is 0. The van der Waals surface area contributed by atoms with Gasteiger partial charge in [0, 0.05) is 74.2 Å². The standard InChI is InChI=1S/C61H44N4/c1-5-17-47(18-6-1)62(43-44-29-39-60-56(41-44)54-25-13-15-27-58(54)64(60)50-21-9-3-10-22-50)48-34-30-45(31-35-48)46-32-36-52(37-33-46)63(49-19-7-2-8-20-49)53-38-40-61-57(42-53)55-26-14-16-28-59(55)65(61)51-23-11-4-12-24-51/h1-3,5-11,13-30,32-42,45H,31,43H2. The van der Waals surface area contributed by atoms with Crippen LogP contribution in [0.3, 0.4) is 0 Å². The molecule has 0 aliphatic heterocycles. The van der Waals surface area contributed by atoms with Gasteiger partial charge in [0.25, 0.3) is 0 Å². The maximum Gasteiger partial charge on any atom is 0.0552 e. The van der Waals surface area contributed by atoms with Gasteiger partial charge in [-0.15, -0.1) is 0 Å². The average Bonchev–Trinajstić information content (AvgIpc) is 3.89. The van der Waals surface area contributed by atoms with E-state index in [1.807, 2.05) is 12.1 Å². The van der Waals surface area contributed by atoms with E-state index in [1.165, 1.54) is 66.3 Å². The molecule has 2 heterocycles. The number of hydrogen-bond acceptors (Lipinski definition) is 2. The zero-order valence-corrected chi connectivity index (χ0v) is 35.8. The Morgan fingerprint density at radius 2 is 1.03 bits per heavy atom. The van der Waals surface area contributed by atoms with E-state index < -0.39 is 0 Å².